The molecular formula is C21H27NO. The van der Waals surface area contributed by atoms with Gasteiger partial charge in [0.2, 0.25) is 0 Å². The van der Waals surface area contributed by atoms with E-state index in [0.29, 0.717) is 23.5 Å². The highest BCUT2D eigenvalue weighted by Gasteiger charge is 2.47. The van der Waals surface area contributed by atoms with E-state index in [1.54, 1.807) is 0 Å². The van der Waals surface area contributed by atoms with Crippen LogP contribution < -0.4 is 5.32 Å². The van der Waals surface area contributed by atoms with Gasteiger partial charge in [0.25, 0.3) is 0 Å². The smallest absolute Gasteiger partial charge is 0.0571 e. The number of rotatable bonds is 2. The van der Waals surface area contributed by atoms with Crippen molar-refractivity contribution >= 4 is 0 Å². The largest absolute Gasteiger partial charge is 0.381 e. The summed E-state index contributed by atoms with van der Waals surface area (Å²) >= 11 is 0. The third-order valence-corrected chi connectivity index (χ3v) is 6.16. The van der Waals surface area contributed by atoms with Crippen molar-refractivity contribution in [3.8, 4) is 11.8 Å². The summed E-state index contributed by atoms with van der Waals surface area (Å²) < 4.78 is 5.58. The Morgan fingerprint density at radius 1 is 1.17 bits per heavy atom. The molecule has 3 aliphatic rings. The highest BCUT2D eigenvalue weighted by molar-refractivity contribution is 5.46. The van der Waals surface area contributed by atoms with Gasteiger partial charge in [-0.15, -0.1) is 0 Å². The molecule has 3 aliphatic carbocycles. The zero-order valence-electron chi connectivity index (χ0n) is 14.3. The van der Waals surface area contributed by atoms with Gasteiger partial charge >= 0.3 is 0 Å². The second-order valence-corrected chi connectivity index (χ2v) is 7.65. The summed E-state index contributed by atoms with van der Waals surface area (Å²) in [4.78, 5) is 0. The Morgan fingerprint density at radius 2 is 1.96 bits per heavy atom. The van der Waals surface area contributed by atoms with E-state index in [2.05, 4.69) is 42.4 Å². The van der Waals surface area contributed by atoms with Crippen LogP contribution >= 0.6 is 0 Å². The first-order chi connectivity index (χ1) is 11.2. The molecule has 0 heterocycles. The van der Waals surface area contributed by atoms with Crippen LogP contribution in [0.2, 0.25) is 0 Å². The van der Waals surface area contributed by atoms with Crippen LogP contribution in [0.25, 0.3) is 0 Å². The topological polar surface area (TPSA) is 21.3 Å². The minimum Gasteiger partial charge on any atom is -0.381 e. The third-order valence-electron chi connectivity index (χ3n) is 6.16. The lowest BCUT2D eigenvalue weighted by molar-refractivity contribution is 0.0166. The molecule has 1 N–H and O–H groups in total. The minimum absolute atomic E-state index is 0.384. The van der Waals surface area contributed by atoms with Crippen LogP contribution in [0.15, 0.2) is 18.2 Å². The molecular weight excluding hydrogens is 282 g/mol. The van der Waals surface area contributed by atoms with Gasteiger partial charge in [0, 0.05) is 24.6 Å². The molecule has 2 nitrogen and oxygen atoms in total. The van der Waals surface area contributed by atoms with Gasteiger partial charge in [-0.1, -0.05) is 17.9 Å². The van der Waals surface area contributed by atoms with Crippen LogP contribution in [0.3, 0.4) is 0 Å². The predicted molar refractivity (Wildman–Crippen MR) is 93.2 cm³/mol. The van der Waals surface area contributed by atoms with E-state index < -0.39 is 0 Å². The lowest BCUT2D eigenvalue weighted by Gasteiger charge is -2.41. The first-order valence-electron chi connectivity index (χ1n) is 9.08. The zero-order valence-corrected chi connectivity index (χ0v) is 14.3. The molecule has 0 radical (unpaired) electrons. The van der Waals surface area contributed by atoms with Crippen molar-refractivity contribution in [1.82, 2.24) is 5.32 Å². The summed E-state index contributed by atoms with van der Waals surface area (Å²) in [7, 11) is 3.97. The van der Waals surface area contributed by atoms with Crippen LogP contribution in [0.4, 0.5) is 0 Å². The molecule has 2 fully saturated rings. The standard InChI is InChI=1S/C21H27NO/c1-22-20-19-13-16(6-5-15-3-4-15)7-8-17(19)14-21(20)11-9-18(23-2)10-12-21/h7-8,13,15,18,20,22H,3-4,9-12,14H2,1-2H3/t18-,20?,21-. The van der Waals surface area contributed by atoms with Gasteiger partial charge in [-0.2, -0.15) is 0 Å². The predicted octanol–water partition coefficient (Wildman–Crippen LogP) is 3.84. The number of nitrogens with one attached hydrogen (secondary N) is 1. The number of hydrogen-bond donors (Lipinski definition) is 1. The van der Waals surface area contributed by atoms with E-state index in [1.165, 1.54) is 61.6 Å². The number of fused-ring (bicyclic) bond motifs is 1. The maximum atomic E-state index is 5.58. The molecule has 1 aromatic carbocycles. The SMILES string of the molecule is CNC1c2cc(C#CC3CC3)ccc2C[C@]12CC[C@@H](OC)CC2. The summed E-state index contributed by atoms with van der Waals surface area (Å²) in [6, 6.07) is 7.37. The quantitative estimate of drug-likeness (QED) is 0.838. The molecule has 0 bridgehead atoms. The van der Waals surface area contributed by atoms with Gasteiger partial charge in [0.15, 0.2) is 0 Å². The van der Waals surface area contributed by atoms with E-state index in [4.69, 9.17) is 4.74 Å². The summed E-state index contributed by atoms with van der Waals surface area (Å²) in [5.74, 6) is 7.45. The van der Waals surface area contributed by atoms with Crippen molar-refractivity contribution < 1.29 is 4.74 Å². The average Bonchev–Trinajstić information content (AvgIpc) is 3.36. The second kappa shape index (κ2) is 5.96. The molecule has 122 valence electrons. The lowest BCUT2D eigenvalue weighted by atomic mass is 9.68. The van der Waals surface area contributed by atoms with E-state index in [-0.39, 0.29) is 0 Å². The van der Waals surface area contributed by atoms with Crippen molar-refractivity contribution in [1.29, 1.82) is 0 Å². The van der Waals surface area contributed by atoms with E-state index in [9.17, 15) is 0 Å². The van der Waals surface area contributed by atoms with Crippen LogP contribution in [0, 0.1) is 23.2 Å². The van der Waals surface area contributed by atoms with Crippen molar-refractivity contribution in [3.05, 3.63) is 34.9 Å². The van der Waals surface area contributed by atoms with Gasteiger partial charge in [0.05, 0.1) is 6.10 Å². The molecule has 1 unspecified atom stereocenters. The average molecular weight is 309 g/mol. The summed E-state index contributed by atoms with van der Waals surface area (Å²) in [6.45, 7) is 0. The van der Waals surface area contributed by atoms with E-state index in [0.717, 1.165) is 0 Å². The fraction of sp³-hybridized carbons (Fsp3) is 0.619. The number of ether oxygens (including phenoxy) is 1. The number of methoxy groups -OCH3 is 1. The van der Waals surface area contributed by atoms with E-state index >= 15 is 0 Å². The Hall–Kier alpha value is -1.30. The van der Waals surface area contributed by atoms with Gasteiger partial charge in [0.1, 0.15) is 0 Å². The van der Waals surface area contributed by atoms with Gasteiger partial charge in [-0.25, -0.2) is 0 Å². The van der Waals surface area contributed by atoms with Gasteiger partial charge in [-0.3, -0.25) is 0 Å². The van der Waals surface area contributed by atoms with Gasteiger partial charge < -0.3 is 10.1 Å². The van der Waals surface area contributed by atoms with Crippen molar-refractivity contribution in [2.24, 2.45) is 11.3 Å². The fourth-order valence-electron chi connectivity index (χ4n) is 4.66. The molecule has 0 amide bonds. The van der Waals surface area contributed by atoms with Crippen LogP contribution in [0.5, 0.6) is 0 Å². The Morgan fingerprint density at radius 3 is 2.61 bits per heavy atom. The van der Waals surface area contributed by atoms with Crippen LogP contribution in [-0.4, -0.2) is 20.3 Å². The molecule has 1 spiro atoms. The molecule has 1 atom stereocenters. The lowest BCUT2D eigenvalue weighted by Crippen LogP contribution is -2.38. The van der Waals surface area contributed by atoms with Crippen molar-refractivity contribution in [3.63, 3.8) is 0 Å². The number of hydrogen-bond acceptors (Lipinski definition) is 2. The zero-order chi connectivity index (χ0) is 15.9. The molecule has 0 aromatic heterocycles. The first kappa shape index (κ1) is 15.2. The maximum Gasteiger partial charge on any atom is 0.0571 e. The molecule has 0 saturated heterocycles. The second-order valence-electron chi connectivity index (χ2n) is 7.65. The Labute approximate surface area is 140 Å². The highest BCUT2D eigenvalue weighted by Crippen LogP contribution is 2.54. The molecule has 2 heteroatoms. The minimum atomic E-state index is 0.384. The molecule has 4 rings (SSSR count). The molecule has 2 saturated carbocycles. The first-order valence-corrected chi connectivity index (χ1v) is 9.08. The third kappa shape index (κ3) is 2.82. The summed E-state index contributed by atoms with van der Waals surface area (Å²) in [5, 5.41) is 3.63. The molecule has 0 aliphatic heterocycles. The normalized spacial score (nSPS) is 32.4. The Kier molecular flexibility index (Phi) is 3.95. The molecule has 1 aromatic rings. The van der Waals surface area contributed by atoms with Crippen molar-refractivity contribution in [2.45, 2.75) is 57.1 Å². The Bertz CT molecular complexity index is 642. The highest BCUT2D eigenvalue weighted by atomic mass is 16.5. The monoisotopic (exact) mass is 309 g/mol. The number of benzene rings is 1. The van der Waals surface area contributed by atoms with E-state index in [1.807, 2.05) is 7.11 Å². The Balaban J connectivity index is 1.60. The molecule has 23 heavy (non-hydrogen) atoms. The van der Waals surface area contributed by atoms with Gasteiger partial charge in [-0.05, 0) is 80.7 Å². The maximum absolute atomic E-state index is 5.58. The summed E-state index contributed by atoms with van der Waals surface area (Å²) in [5.41, 5.74) is 4.59. The van der Waals surface area contributed by atoms with Crippen LogP contribution in [0.1, 0.15) is 61.3 Å². The fourth-order valence-corrected chi connectivity index (χ4v) is 4.66. The van der Waals surface area contributed by atoms with Crippen molar-refractivity contribution in [2.75, 3.05) is 14.2 Å². The summed E-state index contributed by atoms with van der Waals surface area (Å²) in [6.07, 6.45) is 9.15. The van der Waals surface area contributed by atoms with Crippen LogP contribution in [-0.2, 0) is 11.2 Å².